The molecule has 0 radical (unpaired) electrons. The van der Waals surface area contributed by atoms with Gasteiger partial charge in [0.1, 0.15) is 0 Å². The third-order valence-corrected chi connectivity index (χ3v) is 5.85. The summed E-state index contributed by atoms with van der Waals surface area (Å²) < 4.78 is 0. The lowest BCUT2D eigenvalue weighted by molar-refractivity contribution is -0.120. The van der Waals surface area contributed by atoms with Gasteiger partial charge < -0.3 is 10.3 Å². The van der Waals surface area contributed by atoms with Gasteiger partial charge in [0, 0.05) is 48.1 Å². The number of likely N-dealkylation sites (tertiary alicyclic amines) is 1. The van der Waals surface area contributed by atoms with Crippen LogP contribution in [-0.4, -0.2) is 41.0 Å². The van der Waals surface area contributed by atoms with E-state index < -0.39 is 0 Å². The van der Waals surface area contributed by atoms with E-state index in [4.69, 9.17) is 0 Å². The number of aromatic amines is 1. The van der Waals surface area contributed by atoms with E-state index in [1.165, 1.54) is 27.7 Å². The minimum absolute atomic E-state index is 0.0743. The molecule has 4 nitrogen and oxygen atoms in total. The van der Waals surface area contributed by atoms with Gasteiger partial charge in [0.2, 0.25) is 5.91 Å². The summed E-state index contributed by atoms with van der Waals surface area (Å²) in [5.74, 6) is 0.548. The van der Waals surface area contributed by atoms with Gasteiger partial charge in [-0.05, 0) is 49.1 Å². The molecule has 25 heavy (non-hydrogen) atoms. The predicted octanol–water partition coefficient (Wildman–Crippen LogP) is 3.44. The molecule has 2 aliphatic rings. The van der Waals surface area contributed by atoms with Gasteiger partial charge in [-0.3, -0.25) is 9.69 Å². The first-order valence-corrected chi connectivity index (χ1v) is 9.39. The molecule has 1 saturated heterocycles. The lowest BCUT2D eigenvalue weighted by Crippen LogP contribution is -2.56. The van der Waals surface area contributed by atoms with Crippen LogP contribution in [0.4, 0.5) is 0 Å². The molecule has 4 heteroatoms. The lowest BCUT2D eigenvalue weighted by atomic mass is 9.73. The lowest BCUT2D eigenvalue weighted by Gasteiger charge is -2.47. The average Bonchev–Trinajstić information content (AvgIpc) is 2.95. The SMILES string of the molecule is C=Cc1[nH]c2cccc3c2c1C[C@@H]1[C@@H]3C[C@@H](NC(C)=O)CN1CCC. The molecule has 2 aromatic rings. The van der Waals surface area contributed by atoms with Crippen molar-refractivity contribution < 1.29 is 4.79 Å². The second-order valence-electron chi connectivity index (χ2n) is 7.50. The Morgan fingerprint density at radius 2 is 2.32 bits per heavy atom. The summed E-state index contributed by atoms with van der Waals surface area (Å²) >= 11 is 0. The molecule has 4 rings (SSSR count). The van der Waals surface area contributed by atoms with E-state index in [0.717, 1.165) is 32.4 Å². The molecule has 0 bridgehead atoms. The minimum atomic E-state index is 0.0743. The van der Waals surface area contributed by atoms with Gasteiger partial charge in [-0.1, -0.05) is 25.6 Å². The van der Waals surface area contributed by atoms with Crippen molar-refractivity contribution in [3.63, 3.8) is 0 Å². The number of benzene rings is 1. The van der Waals surface area contributed by atoms with Crippen LogP contribution in [0.15, 0.2) is 24.8 Å². The van der Waals surface area contributed by atoms with Crippen molar-refractivity contribution in [3.05, 3.63) is 41.6 Å². The Morgan fingerprint density at radius 3 is 3.04 bits per heavy atom. The van der Waals surface area contributed by atoms with E-state index in [1.807, 2.05) is 6.08 Å². The van der Waals surface area contributed by atoms with Crippen LogP contribution < -0.4 is 5.32 Å². The van der Waals surface area contributed by atoms with E-state index >= 15 is 0 Å². The van der Waals surface area contributed by atoms with Gasteiger partial charge in [-0.25, -0.2) is 0 Å². The summed E-state index contributed by atoms with van der Waals surface area (Å²) in [5.41, 5.74) is 5.23. The van der Waals surface area contributed by atoms with Gasteiger partial charge in [-0.2, -0.15) is 0 Å². The number of hydrogen-bond donors (Lipinski definition) is 2. The van der Waals surface area contributed by atoms with E-state index in [0.29, 0.717) is 12.0 Å². The Labute approximate surface area is 149 Å². The number of hydrogen-bond acceptors (Lipinski definition) is 2. The Balaban J connectivity index is 1.80. The quantitative estimate of drug-likeness (QED) is 0.898. The highest BCUT2D eigenvalue weighted by Crippen LogP contribution is 2.44. The van der Waals surface area contributed by atoms with Gasteiger partial charge in [0.05, 0.1) is 0 Å². The molecule has 2 heterocycles. The van der Waals surface area contributed by atoms with Crippen molar-refractivity contribution in [2.45, 2.75) is 51.1 Å². The molecule has 3 atom stereocenters. The van der Waals surface area contributed by atoms with Gasteiger partial charge in [0.25, 0.3) is 0 Å². The summed E-state index contributed by atoms with van der Waals surface area (Å²) in [4.78, 5) is 17.8. The van der Waals surface area contributed by atoms with Crippen molar-refractivity contribution in [1.29, 1.82) is 0 Å². The molecule has 0 spiro atoms. The third kappa shape index (κ3) is 2.69. The number of H-pyrrole nitrogens is 1. The molecule has 1 amide bonds. The Morgan fingerprint density at radius 1 is 1.48 bits per heavy atom. The molecule has 1 aliphatic carbocycles. The highest BCUT2D eigenvalue weighted by Gasteiger charge is 2.41. The fraction of sp³-hybridized carbons (Fsp3) is 0.476. The van der Waals surface area contributed by atoms with Crippen molar-refractivity contribution >= 4 is 22.9 Å². The molecule has 132 valence electrons. The number of amides is 1. The van der Waals surface area contributed by atoms with E-state index in [2.05, 4.69) is 46.9 Å². The zero-order valence-corrected chi connectivity index (χ0v) is 15.1. The Bertz CT molecular complexity index is 822. The van der Waals surface area contributed by atoms with Gasteiger partial charge in [-0.15, -0.1) is 0 Å². The summed E-state index contributed by atoms with van der Waals surface area (Å²) in [6.45, 7) is 9.89. The summed E-state index contributed by atoms with van der Waals surface area (Å²) in [6, 6.07) is 7.34. The number of carbonyl (C=O) groups is 1. The minimum Gasteiger partial charge on any atom is -0.355 e. The highest BCUT2D eigenvalue weighted by molar-refractivity contribution is 5.91. The number of nitrogens with zero attached hydrogens (tertiary/aromatic N) is 1. The van der Waals surface area contributed by atoms with Crippen LogP contribution in [0.3, 0.4) is 0 Å². The summed E-state index contributed by atoms with van der Waals surface area (Å²) in [5, 5.41) is 4.56. The molecule has 1 aliphatic heterocycles. The molecule has 0 saturated carbocycles. The van der Waals surface area contributed by atoms with Crippen LogP contribution in [0.25, 0.3) is 17.0 Å². The third-order valence-electron chi connectivity index (χ3n) is 5.85. The smallest absolute Gasteiger partial charge is 0.217 e. The van der Waals surface area contributed by atoms with Crippen LogP contribution >= 0.6 is 0 Å². The Hall–Kier alpha value is -2.07. The van der Waals surface area contributed by atoms with Crippen LogP contribution in [0.1, 0.15) is 49.4 Å². The number of piperidine rings is 1. The zero-order chi connectivity index (χ0) is 17.6. The predicted molar refractivity (Wildman–Crippen MR) is 103 cm³/mol. The largest absolute Gasteiger partial charge is 0.355 e. The molecule has 1 aromatic carbocycles. The second-order valence-corrected chi connectivity index (χ2v) is 7.50. The molecular weight excluding hydrogens is 310 g/mol. The average molecular weight is 337 g/mol. The van der Waals surface area contributed by atoms with Crippen molar-refractivity contribution in [2.24, 2.45) is 0 Å². The van der Waals surface area contributed by atoms with E-state index in [-0.39, 0.29) is 11.9 Å². The van der Waals surface area contributed by atoms with Crippen molar-refractivity contribution in [1.82, 2.24) is 15.2 Å². The summed E-state index contributed by atoms with van der Waals surface area (Å²) in [6.07, 6.45) is 5.18. The number of carbonyl (C=O) groups excluding carboxylic acids is 1. The zero-order valence-electron chi connectivity index (χ0n) is 15.1. The van der Waals surface area contributed by atoms with Crippen LogP contribution in [0, 0.1) is 0 Å². The molecule has 2 N–H and O–H groups in total. The molecule has 0 unspecified atom stereocenters. The monoisotopic (exact) mass is 337 g/mol. The van der Waals surface area contributed by atoms with Crippen molar-refractivity contribution in [2.75, 3.05) is 13.1 Å². The molecular formula is C21H27N3O. The fourth-order valence-electron chi connectivity index (χ4n) is 5.02. The van der Waals surface area contributed by atoms with Crippen molar-refractivity contribution in [3.8, 4) is 0 Å². The normalized spacial score (nSPS) is 25.6. The standard InChI is InChI=1S/C21H27N3O/c1-4-9-24-12-14(22-13(3)25)10-16-15-7-6-8-19-21(15)17(11-20(16)24)18(5-2)23-19/h5-8,14,16,20,23H,2,4,9-12H2,1,3H3,(H,22,25)/t14-,16-,20-/m1/s1. The first-order valence-electron chi connectivity index (χ1n) is 9.39. The molecule has 1 fully saturated rings. The first-order chi connectivity index (χ1) is 12.1. The topological polar surface area (TPSA) is 48.1 Å². The number of aromatic nitrogens is 1. The number of rotatable bonds is 4. The maximum atomic E-state index is 11.6. The maximum absolute atomic E-state index is 11.6. The highest BCUT2D eigenvalue weighted by atomic mass is 16.1. The Kier molecular flexibility index (Phi) is 4.16. The first kappa shape index (κ1) is 16.4. The number of nitrogens with one attached hydrogen (secondary N) is 2. The van der Waals surface area contributed by atoms with E-state index in [9.17, 15) is 4.79 Å². The number of fused-ring (bicyclic) bond motifs is 2. The van der Waals surface area contributed by atoms with Crippen LogP contribution in [0.5, 0.6) is 0 Å². The van der Waals surface area contributed by atoms with Gasteiger partial charge >= 0.3 is 0 Å². The fourth-order valence-corrected chi connectivity index (χ4v) is 5.02. The molecule has 1 aromatic heterocycles. The van der Waals surface area contributed by atoms with Crippen LogP contribution in [-0.2, 0) is 11.2 Å². The van der Waals surface area contributed by atoms with Crippen LogP contribution in [0.2, 0.25) is 0 Å². The maximum Gasteiger partial charge on any atom is 0.217 e. The van der Waals surface area contributed by atoms with Gasteiger partial charge in [0.15, 0.2) is 0 Å². The summed E-state index contributed by atoms with van der Waals surface area (Å²) in [7, 11) is 0. The second kappa shape index (κ2) is 6.34. The van der Waals surface area contributed by atoms with E-state index in [1.54, 1.807) is 6.92 Å².